The molecule has 0 bridgehead atoms. The van der Waals surface area contributed by atoms with Crippen molar-refractivity contribution in [3.63, 3.8) is 0 Å². The molecule has 0 saturated carbocycles. The van der Waals surface area contributed by atoms with E-state index < -0.39 is 0 Å². The summed E-state index contributed by atoms with van der Waals surface area (Å²) >= 11 is 1.35. The maximum absolute atomic E-state index is 14.1. The summed E-state index contributed by atoms with van der Waals surface area (Å²) in [7, 11) is 0. The predicted octanol–water partition coefficient (Wildman–Crippen LogP) is 4.27. The van der Waals surface area contributed by atoms with Crippen LogP contribution >= 0.6 is 11.3 Å². The van der Waals surface area contributed by atoms with Gasteiger partial charge in [-0.15, -0.1) is 15.3 Å². The summed E-state index contributed by atoms with van der Waals surface area (Å²) in [5.41, 5.74) is 1.63. The molecule has 37 heavy (non-hydrogen) atoms. The third kappa shape index (κ3) is 6.40. The van der Waals surface area contributed by atoms with Gasteiger partial charge in [-0.3, -0.25) is 9.69 Å². The summed E-state index contributed by atoms with van der Waals surface area (Å²) in [4.78, 5) is 17.3. The van der Waals surface area contributed by atoms with Crippen LogP contribution in [0.25, 0.3) is 0 Å². The molecule has 1 amide bonds. The molecule has 2 aromatic heterocycles. The van der Waals surface area contributed by atoms with E-state index in [4.69, 9.17) is 0 Å². The molecule has 2 saturated heterocycles. The number of anilines is 3. The lowest BCUT2D eigenvalue weighted by Crippen LogP contribution is -2.38. The van der Waals surface area contributed by atoms with Crippen LogP contribution in [0.5, 0.6) is 0 Å². The van der Waals surface area contributed by atoms with E-state index in [1.165, 1.54) is 11.3 Å². The van der Waals surface area contributed by atoms with Crippen LogP contribution in [0.15, 0.2) is 36.5 Å². The molecule has 0 aliphatic carbocycles. The van der Waals surface area contributed by atoms with Gasteiger partial charge in [-0.2, -0.15) is 5.10 Å². The third-order valence-electron chi connectivity index (χ3n) is 7.32. The van der Waals surface area contributed by atoms with Crippen molar-refractivity contribution in [2.75, 3.05) is 41.7 Å². The summed E-state index contributed by atoms with van der Waals surface area (Å²) in [5.74, 6) is 0.915. The summed E-state index contributed by atoms with van der Waals surface area (Å²) < 4.78 is 14.1. The van der Waals surface area contributed by atoms with E-state index in [0.717, 1.165) is 56.8 Å². The molecule has 11 heteroatoms. The van der Waals surface area contributed by atoms with E-state index in [2.05, 4.69) is 47.8 Å². The fourth-order valence-electron chi connectivity index (χ4n) is 5.18. The number of nitrogens with one attached hydrogen (secondary N) is 2. The van der Waals surface area contributed by atoms with E-state index in [0.29, 0.717) is 22.2 Å². The van der Waals surface area contributed by atoms with Crippen LogP contribution in [-0.4, -0.2) is 63.4 Å². The van der Waals surface area contributed by atoms with Crippen molar-refractivity contribution in [1.29, 1.82) is 0 Å². The second-order valence-electron chi connectivity index (χ2n) is 10.0. The van der Waals surface area contributed by atoms with E-state index in [-0.39, 0.29) is 29.7 Å². The number of hydrogen-bond donors (Lipinski definition) is 2. The normalized spacial score (nSPS) is 21.1. The first-order valence-corrected chi connectivity index (χ1v) is 13.7. The van der Waals surface area contributed by atoms with Crippen molar-refractivity contribution in [2.24, 2.45) is 5.92 Å². The lowest BCUT2D eigenvalue weighted by atomic mass is 9.92. The van der Waals surface area contributed by atoms with Gasteiger partial charge in [0.05, 0.1) is 0 Å². The molecule has 9 nitrogen and oxygen atoms in total. The Kier molecular flexibility index (Phi) is 7.90. The topological polar surface area (TPSA) is 99.2 Å². The zero-order chi connectivity index (χ0) is 25.8. The fourth-order valence-corrected chi connectivity index (χ4v) is 5.92. The van der Waals surface area contributed by atoms with Crippen molar-refractivity contribution >= 4 is 33.3 Å². The van der Waals surface area contributed by atoms with Gasteiger partial charge in [-0.05, 0) is 74.9 Å². The van der Waals surface area contributed by atoms with Gasteiger partial charge >= 0.3 is 0 Å². The lowest BCUT2D eigenvalue weighted by molar-refractivity contribution is -0.117. The summed E-state index contributed by atoms with van der Waals surface area (Å²) in [5, 5.41) is 24.1. The van der Waals surface area contributed by atoms with Gasteiger partial charge in [0.2, 0.25) is 16.2 Å². The molecule has 196 valence electrons. The van der Waals surface area contributed by atoms with Crippen LogP contribution in [0, 0.1) is 18.7 Å². The SMILES string of the molecule is Cc1ccc([C@H](C)N2CCC[C@@H](CC(=O)Nc3nnc(N[C@@H]4CCN(c5cccnn5)C4)s3)C2)cc1F. The summed E-state index contributed by atoms with van der Waals surface area (Å²) in [6.45, 7) is 7.37. The molecule has 3 aromatic rings. The van der Waals surface area contributed by atoms with Crippen LogP contribution in [-0.2, 0) is 4.79 Å². The van der Waals surface area contributed by atoms with Crippen molar-refractivity contribution in [3.05, 3.63) is 53.5 Å². The quantitative estimate of drug-likeness (QED) is 0.451. The average Bonchev–Trinajstić information content (AvgIpc) is 3.55. The number of benzene rings is 1. The monoisotopic (exact) mass is 524 g/mol. The first-order chi connectivity index (χ1) is 17.9. The van der Waals surface area contributed by atoms with E-state index in [1.54, 1.807) is 19.2 Å². The number of piperidine rings is 1. The zero-order valence-corrected chi connectivity index (χ0v) is 22.0. The van der Waals surface area contributed by atoms with Crippen LogP contribution in [0.4, 0.5) is 20.5 Å². The Balaban J connectivity index is 1.09. The number of carbonyl (C=O) groups is 1. The number of likely N-dealkylation sites (tertiary alicyclic amines) is 1. The van der Waals surface area contributed by atoms with Gasteiger partial charge in [0.25, 0.3) is 0 Å². The molecule has 2 N–H and O–H groups in total. The number of rotatable bonds is 8. The second-order valence-corrected chi connectivity index (χ2v) is 11.0. The highest BCUT2D eigenvalue weighted by Crippen LogP contribution is 2.30. The van der Waals surface area contributed by atoms with Gasteiger partial charge in [-0.25, -0.2) is 4.39 Å². The number of aryl methyl sites for hydroxylation is 1. The highest BCUT2D eigenvalue weighted by atomic mass is 32.1. The third-order valence-corrected chi connectivity index (χ3v) is 8.09. The molecule has 0 unspecified atom stereocenters. The van der Waals surface area contributed by atoms with E-state index >= 15 is 0 Å². The van der Waals surface area contributed by atoms with Crippen LogP contribution in [0.1, 0.15) is 49.8 Å². The van der Waals surface area contributed by atoms with Crippen LogP contribution in [0.3, 0.4) is 0 Å². The Hall–Kier alpha value is -3.18. The maximum Gasteiger partial charge on any atom is 0.226 e. The molecule has 3 atom stereocenters. The fraction of sp³-hybridized carbons (Fsp3) is 0.500. The minimum atomic E-state index is -0.168. The average molecular weight is 525 g/mol. The largest absolute Gasteiger partial charge is 0.355 e. The number of halogens is 1. The first kappa shape index (κ1) is 25.5. The molecule has 0 spiro atoms. The van der Waals surface area contributed by atoms with Crippen molar-refractivity contribution in [2.45, 2.75) is 51.6 Å². The van der Waals surface area contributed by atoms with Crippen molar-refractivity contribution in [1.82, 2.24) is 25.3 Å². The van der Waals surface area contributed by atoms with Crippen molar-refractivity contribution in [3.8, 4) is 0 Å². The Morgan fingerprint density at radius 1 is 1.16 bits per heavy atom. The molecule has 2 fully saturated rings. The number of hydrogen-bond acceptors (Lipinski definition) is 9. The lowest BCUT2D eigenvalue weighted by Gasteiger charge is -2.37. The minimum absolute atomic E-state index is 0.0433. The predicted molar refractivity (Wildman–Crippen MR) is 143 cm³/mol. The van der Waals surface area contributed by atoms with Crippen LogP contribution < -0.4 is 15.5 Å². The molecule has 0 radical (unpaired) electrons. The number of aromatic nitrogens is 4. The van der Waals surface area contributed by atoms with Gasteiger partial charge in [-0.1, -0.05) is 23.5 Å². The molecule has 2 aliphatic rings. The molecule has 2 aliphatic heterocycles. The Morgan fingerprint density at radius 2 is 2.03 bits per heavy atom. The minimum Gasteiger partial charge on any atom is -0.355 e. The first-order valence-electron chi connectivity index (χ1n) is 12.9. The number of carbonyl (C=O) groups excluding carboxylic acids is 1. The van der Waals surface area contributed by atoms with Gasteiger partial charge < -0.3 is 15.5 Å². The summed E-state index contributed by atoms with van der Waals surface area (Å²) in [6, 6.07) is 9.66. The number of nitrogens with zero attached hydrogens (tertiary/aromatic N) is 6. The Morgan fingerprint density at radius 3 is 2.84 bits per heavy atom. The molecule has 1 aromatic carbocycles. The Bertz CT molecular complexity index is 1210. The summed E-state index contributed by atoms with van der Waals surface area (Å²) in [6.07, 6.45) is 5.10. The second kappa shape index (κ2) is 11.5. The van der Waals surface area contributed by atoms with E-state index in [1.807, 2.05) is 24.3 Å². The van der Waals surface area contributed by atoms with Gasteiger partial charge in [0, 0.05) is 44.3 Å². The molecular formula is C26H33FN8OS. The van der Waals surface area contributed by atoms with Crippen LogP contribution in [0.2, 0.25) is 0 Å². The molecule has 4 heterocycles. The van der Waals surface area contributed by atoms with E-state index in [9.17, 15) is 9.18 Å². The highest BCUT2D eigenvalue weighted by Gasteiger charge is 2.27. The van der Waals surface area contributed by atoms with Gasteiger partial charge in [0.1, 0.15) is 5.82 Å². The molecular weight excluding hydrogens is 491 g/mol. The Labute approximate surface area is 220 Å². The zero-order valence-electron chi connectivity index (χ0n) is 21.2. The highest BCUT2D eigenvalue weighted by molar-refractivity contribution is 7.19. The van der Waals surface area contributed by atoms with Crippen molar-refractivity contribution < 1.29 is 9.18 Å². The number of amides is 1. The smallest absolute Gasteiger partial charge is 0.226 e. The standard InChI is InChI=1S/C26H33FN8OS/c1-17-7-8-20(14-22(17)27)18(2)34-11-4-5-19(15-34)13-24(36)30-26-33-32-25(37-26)29-21-9-12-35(16-21)23-6-3-10-28-31-23/h3,6-8,10,14,18-19,21H,4-5,9,11-13,15-16H2,1-2H3,(H,29,32)(H,30,33,36)/t18-,19-,21+/m0/s1. The molecule has 5 rings (SSSR count). The maximum atomic E-state index is 14.1. The van der Waals surface area contributed by atoms with Gasteiger partial charge in [0.15, 0.2) is 5.82 Å².